The lowest BCUT2D eigenvalue weighted by molar-refractivity contribution is 0.0237. The van der Waals surface area contributed by atoms with Gasteiger partial charge in [-0.05, 0) is 24.1 Å². The Morgan fingerprint density at radius 2 is 1.79 bits per heavy atom. The maximum Gasteiger partial charge on any atom is 0.163 e. The van der Waals surface area contributed by atoms with Gasteiger partial charge in [0.2, 0.25) is 0 Å². The first-order chi connectivity index (χ1) is 13.2. The van der Waals surface area contributed by atoms with E-state index in [0.717, 1.165) is 25.4 Å². The zero-order valence-electron chi connectivity index (χ0n) is 16.2. The molecule has 6 heteroatoms. The van der Waals surface area contributed by atoms with Crippen LogP contribution in [0.4, 0.5) is 4.39 Å². The molecule has 1 fully saturated rings. The molecule has 1 saturated heterocycles. The van der Waals surface area contributed by atoms with Gasteiger partial charge in [0, 0.05) is 44.7 Å². The SMILES string of the molecule is COc1cccc(CN2CCN(C(F)CCC(=O)c3ccccc3)CC2)c1.Cl. The minimum atomic E-state index is -1.06. The van der Waals surface area contributed by atoms with Crippen LogP contribution >= 0.6 is 12.4 Å². The van der Waals surface area contributed by atoms with Crippen molar-refractivity contribution in [2.75, 3.05) is 33.3 Å². The molecule has 0 aromatic heterocycles. The molecule has 0 bridgehead atoms. The standard InChI is InChI=1S/C22H27FN2O2.ClH/c1-27-20-9-5-6-18(16-20)17-24-12-14-25(15-13-24)22(23)11-10-21(26)19-7-3-2-4-8-19;/h2-9,16,22H,10-15,17H2,1H3;1H. The van der Waals surface area contributed by atoms with Crippen molar-refractivity contribution < 1.29 is 13.9 Å². The summed E-state index contributed by atoms with van der Waals surface area (Å²) in [5.41, 5.74) is 1.86. The monoisotopic (exact) mass is 406 g/mol. The highest BCUT2D eigenvalue weighted by atomic mass is 35.5. The average Bonchev–Trinajstić information content (AvgIpc) is 2.73. The van der Waals surface area contributed by atoms with E-state index in [-0.39, 0.29) is 31.0 Å². The van der Waals surface area contributed by atoms with E-state index in [1.165, 1.54) is 5.56 Å². The summed E-state index contributed by atoms with van der Waals surface area (Å²) in [6, 6.07) is 17.2. The van der Waals surface area contributed by atoms with Crippen LogP contribution < -0.4 is 4.74 Å². The van der Waals surface area contributed by atoms with Gasteiger partial charge in [-0.1, -0.05) is 42.5 Å². The van der Waals surface area contributed by atoms with Crippen molar-refractivity contribution in [2.45, 2.75) is 25.7 Å². The molecule has 0 spiro atoms. The van der Waals surface area contributed by atoms with Gasteiger partial charge >= 0.3 is 0 Å². The Morgan fingerprint density at radius 3 is 2.46 bits per heavy atom. The third-order valence-electron chi connectivity index (χ3n) is 5.05. The lowest BCUT2D eigenvalue weighted by Gasteiger charge is -2.36. The van der Waals surface area contributed by atoms with Crippen LogP contribution in [0.3, 0.4) is 0 Å². The molecule has 2 aromatic carbocycles. The Morgan fingerprint density at radius 1 is 1.07 bits per heavy atom. The number of ether oxygens (including phenoxy) is 1. The van der Waals surface area contributed by atoms with E-state index in [0.29, 0.717) is 18.7 Å². The lowest BCUT2D eigenvalue weighted by atomic mass is 10.1. The van der Waals surface area contributed by atoms with Crippen LogP contribution in [-0.2, 0) is 6.54 Å². The highest BCUT2D eigenvalue weighted by molar-refractivity contribution is 5.95. The summed E-state index contributed by atoms with van der Waals surface area (Å²) in [7, 11) is 1.67. The van der Waals surface area contributed by atoms with Gasteiger partial charge in [0.1, 0.15) is 5.75 Å². The topological polar surface area (TPSA) is 32.8 Å². The molecule has 28 heavy (non-hydrogen) atoms. The first-order valence-electron chi connectivity index (χ1n) is 9.47. The molecular formula is C22H28ClFN2O2. The summed E-state index contributed by atoms with van der Waals surface area (Å²) >= 11 is 0. The second-order valence-electron chi connectivity index (χ2n) is 6.93. The van der Waals surface area contributed by atoms with Crippen molar-refractivity contribution >= 4 is 18.2 Å². The smallest absolute Gasteiger partial charge is 0.163 e. The molecule has 3 rings (SSSR count). The number of hydrogen-bond acceptors (Lipinski definition) is 4. The summed E-state index contributed by atoms with van der Waals surface area (Å²) < 4.78 is 19.8. The van der Waals surface area contributed by atoms with Crippen LogP contribution in [0.2, 0.25) is 0 Å². The number of ketones is 1. The predicted molar refractivity (Wildman–Crippen MR) is 112 cm³/mol. The largest absolute Gasteiger partial charge is 0.497 e. The van der Waals surface area contributed by atoms with Crippen LogP contribution in [0.1, 0.15) is 28.8 Å². The Bertz CT molecular complexity index is 736. The number of nitrogens with zero attached hydrogens (tertiary/aromatic N) is 2. The summed E-state index contributed by atoms with van der Waals surface area (Å²) in [6.07, 6.45) is -0.560. The van der Waals surface area contributed by atoms with Crippen molar-refractivity contribution in [1.29, 1.82) is 0 Å². The molecule has 2 aromatic rings. The maximum atomic E-state index is 14.6. The molecule has 4 nitrogen and oxygen atoms in total. The highest BCUT2D eigenvalue weighted by Crippen LogP contribution is 2.18. The van der Waals surface area contributed by atoms with Gasteiger partial charge in [-0.2, -0.15) is 0 Å². The number of piperazine rings is 1. The number of methoxy groups -OCH3 is 1. The molecule has 1 unspecified atom stereocenters. The van der Waals surface area contributed by atoms with E-state index in [9.17, 15) is 9.18 Å². The maximum absolute atomic E-state index is 14.6. The number of rotatable bonds is 8. The number of Topliss-reactive ketones (excluding diaryl/α,β-unsaturated/α-hetero) is 1. The first-order valence-corrected chi connectivity index (χ1v) is 9.47. The first kappa shape index (κ1) is 22.3. The minimum Gasteiger partial charge on any atom is -0.497 e. The normalized spacial score (nSPS) is 16.2. The number of benzene rings is 2. The highest BCUT2D eigenvalue weighted by Gasteiger charge is 2.24. The summed E-state index contributed by atoms with van der Waals surface area (Å²) in [4.78, 5) is 16.3. The molecule has 0 N–H and O–H groups in total. The number of hydrogen-bond donors (Lipinski definition) is 0. The van der Waals surface area contributed by atoms with Gasteiger partial charge in [-0.15, -0.1) is 12.4 Å². The van der Waals surface area contributed by atoms with Crippen molar-refractivity contribution in [2.24, 2.45) is 0 Å². The third kappa shape index (κ3) is 6.30. The molecule has 1 aliphatic heterocycles. The molecule has 1 aliphatic rings. The van der Waals surface area contributed by atoms with Crippen LogP contribution in [0.25, 0.3) is 0 Å². The van der Waals surface area contributed by atoms with Gasteiger partial charge in [0.25, 0.3) is 0 Å². The number of alkyl halides is 1. The van der Waals surface area contributed by atoms with Gasteiger partial charge < -0.3 is 4.74 Å². The fraction of sp³-hybridized carbons (Fsp3) is 0.409. The summed E-state index contributed by atoms with van der Waals surface area (Å²) in [5.74, 6) is 0.868. The van der Waals surface area contributed by atoms with E-state index in [1.54, 1.807) is 19.2 Å². The molecule has 0 amide bonds. The van der Waals surface area contributed by atoms with Crippen molar-refractivity contribution in [3.05, 3.63) is 65.7 Å². The number of halogens is 2. The fourth-order valence-electron chi connectivity index (χ4n) is 3.43. The molecule has 0 saturated carbocycles. The van der Waals surface area contributed by atoms with E-state index >= 15 is 0 Å². The number of carbonyl (C=O) groups excluding carboxylic acids is 1. The fourth-order valence-corrected chi connectivity index (χ4v) is 3.43. The molecule has 1 atom stereocenters. The quantitative estimate of drug-likeness (QED) is 0.486. The zero-order valence-corrected chi connectivity index (χ0v) is 17.0. The molecular weight excluding hydrogens is 379 g/mol. The lowest BCUT2D eigenvalue weighted by Crippen LogP contribution is -2.48. The van der Waals surface area contributed by atoms with Crippen LogP contribution in [0, 0.1) is 0 Å². The molecule has 0 aliphatic carbocycles. The second-order valence-corrected chi connectivity index (χ2v) is 6.93. The molecule has 152 valence electrons. The van der Waals surface area contributed by atoms with Crippen molar-refractivity contribution in [3.8, 4) is 5.75 Å². The summed E-state index contributed by atoms with van der Waals surface area (Å²) in [6.45, 7) is 3.86. The van der Waals surface area contributed by atoms with Gasteiger partial charge in [-0.25, -0.2) is 4.39 Å². The van der Waals surface area contributed by atoms with Crippen molar-refractivity contribution in [1.82, 2.24) is 9.80 Å². The van der Waals surface area contributed by atoms with E-state index < -0.39 is 6.30 Å². The van der Waals surface area contributed by atoms with E-state index in [2.05, 4.69) is 11.0 Å². The van der Waals surface area contributed by atoms with E-state index in [1.807, 2.05) is 41.3 Å². The molecule has 1 heterocycles. The Kier molecular flexibility index (Phi) is 8.90. The number of carbonyl (C=O) groups is 1. The minimum absolute atomic E-state index is 0. The van der Waals surface area contributed by atoms with Gasteiger partial charge in [0.15, 0.2) is 12.1 Å². The average molecular weight is 407 g/mol. The summed E-state index contributed by atoms with van der Waals surface area (Å²) in [5, 5.41) is 0. The Balaban J connectivity index is 0.00000280. The predicted octanol–water partition coefficient (Wildman–Crippen LogP) is 4.19. The second kappa shape index (κ2) is 11.1. The van der Waals surface area contributed by atoms with E-state index in [4.69, 9.17) is 4.74 Å². The van der Waals surface area contributed by atoms with Gasteiger partial charge in [0.05, 0.1) is 7.11 Å². The van der Waals surface area contributed by atoms with Crippen LogP contribution in [0.15, 0.2) is 54.6 Å². The van der Waals surface area contributed by atoms with Crippen molar-refractivity contribution in [3.63, 3.8) is 0 Å². The van der Waals surface area contributed by atoms with Crippen LogP contribution in [0.5, 0.6) is 5.75 Å². The third-order valence-corrected chi connectivity index (χ3v) is 5.05. The Hall–Kier alpha value is -1.95. The zero-order chi connectivity index (χ0) is 19.1. The Labute approximate surface area is 172 Å². The van der Waals surface area contributed by atoms with Crippen LogP contribution in [-0.4, -0.2) is 55.2 Å². The molecule has 0 radical (unpaired) electrons. The van der Waals surface area contributed by atoms with Gasteiger partial charge in [-0.3, -0.25) is 14.6 Å².